The minimum atomic E-state index is -0.840. The summed E-state index contributed by atoms with van der Waals surface area (Å²) in [6, 6.07) is 0. The summed E-state index contributed by atoms with van der Waals surface area (Å²) in [6.45, 7) is 4.69. The van der Waals surface area contributed by atoms with Gasteiger partial charge in [0.05, 0.1) is 0 Å². The Morgan fingerprint density at radius 2 is 2.00 bits per heavy atom. The fourth-order valence-corrected chi connectivity index (χ4v) is 1.88. The summed E-state index contributed by atoms with van der Waals surface area (Å²) in [4.78, 5) is 22.0. The highest BCUT2D eigenvalue weighted by Gasteiger charge is 2.40. The number of carbonyl (C=O) groups excluding carboxylic acids is 1. The van der Waals surface area contributed by atoms with E-state index in [4.69, 9.17) is 5.11 Å². The Morgan fingerprint density at radius 3 is 2.44 bits per heavy atom. The van der Waals surface area contributed by atoms with E-state index < -0.39 is 5.97 Å². The first kappa shape index (κ1) is 13.0. The van der Waals surface area contributed by atoms with Crippen molar-refractivity contribution in [3.63, 3.8) is 0 Å². The standard InChI is InChI=1S/C12H21NO3/c1-3-12(4-5-12)8-13-10(14)6-9(2)7-11(15)16/h9H,3-8H2,1-2H3,(H,13,14)(H,15,16). The zero-order chi connectivity index (χ0) is 12.2. The van der Waals surface area contributed by atoms with Gasteiger partial charge in [-0.2, -0.15) is 0 Å². The van der Waals surface area contributed by atoms with Gasteiger partial charge < -0.3 is 10.4 Å². The van der Waals surface area contributed by atoms with Gasteiger partial charge in [-0.1, -0.05) is 13.8 Å². The summed E-state index contributed by atoms with van der Waals surface area (Å²) in [5.74, 6) is -0.949. The molecule has 16 heavy (non-hydrogen) atoms. The van der Waals surface area contributed by atoms with Crippen molar-refractivity contribution in [1.29, 1.82) is 0 Å². The van der Waals surface area contributed by atoms with Crippen LogP contribution in [0.2, 0.25) is 0 Å². The number of nitrogens with one attached hydrogen (secondary N) is 1. The zero-order valence-electron chi connectivity index (χ0n) is 10.1. The SMILES string of the molecule is CCC1(CNC(=O)CC(C)CC(=O)O)CC1. The molecule has 1 saturated carbocycles. The van der Waals surface area contributed by atoms with Crippen molar-refractivity contribution in [3.8, 4) is 0 Å². The quantitative estimate of drug-likeness (QED) is 0.697. The van der Waals surface area contributed by atoms with Crippen molar-refractivity contribution in [2.45, 2.75) is 46.0 Å². The molecule has 2 N–H and O–H groups in total. The van der Waals surface area contributed by atoms with Gasteiger partial charge in [-0.25, -0.2) is 0 Å². The van der Waals surface area contributed by atoms with E-state index in [9.17, 15) is 9.59 Å². The Balaban J connectivity index is 2.18. The van der Waals surface area contributed by atoms with Gasteiger partial charge in [-0.3, -0.25) is 9.59 Å². The predicted molar refractivity (Wildman–Crippen MR) is 61.0 cm³/mol. The lowest BCUT2D eigenvalue weighted by molar-refractivity contribution is -0.138. The first-order chi connectivity index (χ1) is 7.47. The molecule has 1 aliphatic rings. The lowest BCUT2D eigenvalue weighted by Gasteiger charge is -2.14. The number of hydrogen-bond acceptors (Lipinski definition) is 2. The molecule has 1 rings (SSSR count). The second-order valence-corrected chi connectivity index (χ2v) is 5.04. The average Bonchev–Trinajstić information content (AvgIpc) is 2.94. The van der Waals surface area contributed by atoms with Crippen LogP contribution in [0.15, 0.2) is 0 Å². The highest BCUT2D eigenvalue weighted by Crippen LogP contribution is 2.47. The predicted octanol–water partition coefficient (Wildman–Crippen LogP) is 1.79. The van der Waals surface area contributed by atoms with Crippen LogP contribution in [0.4, 0.5) is 0 Å². The zero-order valence-corrected chi connectivity index (χ0v) is 10.1. The topological polar surface area (TPSA) is 66.4 Å². The van der Waals surface area contributed by atoms with Gasteiger partial charge in [0, 0.05) is 19.4 Å². The second kappa shape index (κ2) is 5.32. The summed E-state index contributed by atoms with van der Waals surface area (Å²) in [5, 5.41) is 11.5. The number of carboxylic acid groups (broad SMARTS) is 1. The molecular weight excluding hydrogens is 206 g/mol. The van der Waals surface area contributed by atoms with Gasteiger partial charge in [0.15, 0.2) is 0 Å². The molecule has 0 bridgehead atoms. The monoisotopic (exact) mass is 227 g/mol. The van der Waals surface area contributed by atoms with Crippen LogP contribution in [-0.4, -0.2) is 23.5 Å². The molecule has 0 aromatic rings. The summed E-state index contributed by atoms with van der Waals surface area (Å²) in [7, 11) is 0. The van der Waals surface area contributed by atoms with E-state index in [1.807, 2.05) is 0 Å². The van der Waals surface area contributed by atoms with E-state index in [2.05, 4.69) is 12.2 Å². The Bertz CT molecular complexity index is 271. The number of rotatable bonds is 7. The van der Waals surface area contributed by atoms with Crippen molar-refractivity contribution in [3.05, 3.63) is 0 Å². The van der Waals surface area contributed by atoms with Crippen LogP contribution in [0.3, 0.4) is 0 Å². The Kier molecular flexibility index (Phi) is 4.33. The Hall–Kier alpha value is -1.06. The Morgan fingerprint density at radius 1 is 1.38 bits per heavy atom. The molecule has 92 valence electrons. The molecule has 0 aliphatic heterocycles. The number of hydrogen-bond donors (Lipinski definition) is 2. The Labute approximate surface area is 96.4 Å². The number of carboxylic acids is 1. The van der Waals surface area contributed by atoms with Crippen LogP contribution < -0.4 is 5.32 Å². The van der Waals surface area contributed by atoms with Crippen LogP contribution in [-0.2, 0) is 9.59 Å². The summed E-state index contributed by atoms with van der Waals surface area (Å²) in [6.07, 6.45) is 3.89. The number of aliphatic carboxylic acids is 1. The smallest absolute Gasteiger partial charge is 0.303 e. The maximum atomic E-state index is 11.5. The van der Waals surface area contributed by atoms with Gasteiger partial charge in [-0.05, 0) is 30.6 Å². The van der Waals surface area contributed by atoms with Gasteiger partial charge in [0.25, 0.3) is 0 Å². The number of carbonyl (C=O) groups is 2. The average molecular weight is 227 g/mol. The normalized spacial score (nSPS) is 18.9. The van der Waals surface area contributed by atoms with E-state index in [-0.39, 0.29) is 18.2 Å². The summed E-state index contributed by atoms with van der Waals surface area (Å²) >= 11 is 0. The van der Waals surface area contributed by atoms with Crippen molar-refractivity contribution in [2.75, 3.05) is 6.54 Å². The molecular formula is C12H21NO3. The molecule has 1 unspecified atom stereocenters. The molecule has 0 aromatic carbocycles. The lowest BCUT2D eigenvalue weighted by atomic mass is 10.0. The van der Waals surface area contributed by atoms with Gasteiger partial charge in [-0.15, -0.1) is 0 Å². The molecule has 0 aromatic heterocycles. The van der Waals surface area contributed by atoms with Crippen molar-refractivity contribution < 1.29 is 14.7 Å². The van der Waals surface area contributed by atoms with E-state index >= 15 is 0 Å². The van der Waals surface area contributed by atoms with Crippen LogP contribution >= 0.6 is 0 Å². The van der Waals surface area contributed by atoms with E-state index in [0.29, 0.717) is 11.8 Å². The van der Waals surface area contributed by atoms with Crippen molar-refractivity contribution in [2.24, 2.45) is 11.3 Å². The first-order valence-electron chi connectivity index (χ1n) is 5.96. The third-order valence-electron chi connectivity index (χ3n) is 3.42. The van der Waals surface area contributed by atoms with E-state index in [1.165, 1.54) is 12.8 Å². The highest BCUT2D eigenvalue weighted by atomic mass is 16.4. The summed E-state index contributed by atoms with van der Waals surface area (Å²) in [5.41, 5.74) is 0.353. The highest BCUT2D eigenvalue weighted by molar-refractivity contribution is 5.77. The molecule has 1 fully saturated rings. The van der Waals surface area contributed by atoms with Gasteiger partial charge >= 0.3 is 5.97 Å². The molecule has 1 atom stereocenters. The lowest BCUT2D eigenvalue weighted by Crippen LogP contribution is -2.31. The number of amides is 1. The molecule has 0 spiro atoms. The van der Waals surface area contributed by atoms with Crippen molar-refractivity contribution in [1.82, 2.24) is 5.32 Å². The third kappa shape index (κ3) is 4.21. The second-order valence-electron chi connectivity index (χ2n) is 5.04. The van der Waals surface area contributed by atoms with Crippen LogP contribution in [0.5, 0.6) is 0 Å². The minimum absolute atomic E-state index is 0.0199. The third-order valence-corrected chi connectivity index (χ3v) is 3.42. The fourth-order valence-electron chi connectivity index (χ4n) is 1.88. The molecule has 0 heterocycles. The molecule has 1 amide bonds. The van der Waals surface area contributed by atoms with E-state index in [0.717, 1.165) is 13.0 Å². The molecule has 4 heteroatoms. The van der Waals surface area contributed by atoms with Crippen LogP contribution in [0.1, 0.15) is 46.0 Å². The molecule has 4 nitrogen and oxygen atoms in total. The maximum Gasteiger partial charge on any atom is 0.303 e. The maximum absolute atomic E-state index is 11.5. The molecule has 0 saturated heterocycles. The van der Waals surface area contributed by atoms with Gasteiger partial charge in [0.2, 0.25) is 5.91 Å². The largest absolute Gasteiger partial charge is 0.481 e. The van der Waals surface area contributed by atoms with Crippen LogP contribution in [0.25, 0.3) is 0 Å². The van der Waals surface area contributed by atoms with Crippen LogP contribution in [0, 0.1) is 11.3 Å². The minimum Gasteiger partial charge on any atom is -0.481 e. The fraction of sp³-hybridized carbons (Fsp3) is 0.833. The molecule has 0 radical (unpaired) electrons. The molecule has 1 aliphatic carbocycles. The van der Waals surface area contributed by atoms with Gasteiger partial charge in [0.1, 0.15) is 0 Å². The van der Waals surface area contributed by atoms with E-state index in [1.54, 1.807) is 6.92 Å². The first-order valence-corrected chi connectivity index (χ1v) is 5.96. The summed E-state index contributed by atoms with van der Waals surface area (Å²) < 4.78 is 0. The van der Waals surface area contributed by atoms with Crippen molar-refractivity contribution >= 4 is 11.9 Å².